The zero-order valence-electron chi connectivity index (χ0n) is 15.8. The standard InChI is InChI=1S/C22H22F2N2O3/c23-22(24)29-19-9-5-4-8-18(19)21(28)26-13-15-10-11-17(26)14-25(12-15)20(27)16-6-2-1-3-7-16/h1-9,15,17,22H,10-14H2/t15-,17+/m1/s1. The first-order valence-corrected chi connectivity index (χ1v) is 9.72. The first kappa shape index (κ1) is 19.4. The summed E-state index contributed by atoms with van der Waals surface area (Å²) in [4.78, 5) is 29.6. The van der Waals surface area contributed by atoms with E-state index in [4.69, 9.17) is 0 Å². The third-order valence-electron chi connectivity index (χ3n) is 5.62. The molecule has 7 heteroatoms. The van der Waals surface area contributed by atoms with E-state index in [1.54, 1.807) is 29.2 Å². The molecule has 0 spiro atoms. The Morgan fingerprint density at radius 2 is 1.62 bits per heavy atom. The molecule has 2 aromatic carbocycles. The van der Waals surface area contributed by atoms with Crippen molar-refractivity contribution in [3.63, 3.8) is 0 Å². The minimum atomic E-state index is -3.00. The topological polar surface area (TPSA) is 49.9 Å². The second-order valence-corrected chi connectivity index (χ2v) is 7.51. The van der Waals surface area contributed by atoms with Gasteiger partial charge in [-0.1, -0.05) is 30.3 Å². The first-order chi connectivity index (χ1) is 14.0. The van der Waals surface area contributed by atoms with Gasteiger partial charge in [0, 0.05) is 31.2 Å². The van der Waals surface area contributed by atoms with Crippen molar-refractivity contribution in [2.24, 2.45) is 5.92 Å². The highest BCUT2D eigenvalue weighted by atomic mass is 19.3. The van der Waals surface area contributed by atoms with Crippen molar-refractivity contribution in [3.05, 3.63) is 65.7 Å². The zero-order valence-corrected chi connectivity index (χ0v) is 15.8. The van der Waals surface area contributed by atoms with Crippen molar-refractivity contribution in [1.82, 2.24) is 9.80 Å². The van der Waals surface area contributed by atoms with Crippen LogP contribution in [0.25, 0.3) is 0 Å². The molecule has 5 nitrogen and oxygen atoms in total. The van der Waals surface area contributed by atoms with Gasteiger partial charge in [0.15, 0.2) is 0 Å². The number of rotatable bonds is 4. The molecule has 5 rings (SSSR count). The first-order valence-electron chi connectivity index (χ1n) is 9.72. The minimum absolute atomic E-state index is 0.0433. The fourth-order valence-corrected chi connectivity index (χ4v) is 4.26. The van der Waals surface area contributed by atoms with Crippen molar-refractivity contribution in [2.75, 3.05) is 19.6 Å². The maximum absolute atomic E-state index is 13.2. The number of para-hydroxylation sites is 1. The van der Waals surface area contributed by atoms with Crippen LogP contribution in [0.3, 0.4) is 0 Å². The molecule has 0 unspecified atom stereocenters. The van der Waals surface area contributed by atoms with Crippen LogP contribution in [0, 0.1) is 5.92 Å². The van der Waals surface area contributed by atoms with Gasteiger partial charge in [-0.25, -0.2) is 0 Å². The molecule has 2 atom stereocenters. The van der Waals surface area contributed by atoms with Crippen LogP contribution in [0.5, 0.6) is 5.75 Å². The number of hydrogen-bond acceptors (Lipinski definition) is 3. The van der Waals surface area contributed by atoms with E-state index >= 15 is 0 Å². The average Bonchev–Trinajstić information content (AvgIpc) is 3.05. The predicted octanol–water partition coefficient (Wildman–Crippen LogP) is 3.66. The van der Waals surface area contributed by atoms with Gasteiger partial charge in [0.05, 0.1) is 5.56 Å². The van der Waals surface area contributed by atoms with Crippen LogP contribution < -0.4 is 4.74 Å². The lowest BCUT2D eigenvalue weighted by molar-refractivity contribution is -0.0503. The molecule has 0 radical (unpaired) electrons. The lowest BCUT2D eigenvalue weighted by Crippen LogP contribution is -2.47. The van der Waals surface area contributed by atoms with Crippen LogP contribution in [-0.4, -0.2) is 53.9 Å². The highest BCUT2D eigenvalue weighted by Gasteiger charge is 2.39. The van der Waals surface area contributed by atoms with Gasteiger partial charge in [-0.2, -0.15) is 8.78 Å². The lowest BCUT2D eigenvalue weighted by Gasteiger charge is -2.36. The third-order valence-corrected chi connectivity index (χ3v) is 5.62. The van der Waals surface area contributed by atoms with E-state index in [0.717, 1.165) is 12.8 Å². The zero-order chi connectivity index (χ0) is 20.4. The Hall–Kier alpha value is -2.96. The Kier molecular flexibility index (Phi) is 5.47. The number of alkyl halides is 2. The summed E-state index contributed by atoms with van der Waals surface area (Å²) in [6, 6.07) is 15.0. The fourth-order valence-electron chi connectivity index (χ4n) is 4.26. The highest BCUT2D eigenvalue weighted by Crippen LogP contribution is 2.32. The number of carbonyl (C=O) groups is 2. The summed E-state index contributed by atoms with van der Waals surface area (Å²) in [6.45, 7) is -1.47. The monoisotopic (exact) mass is 400 g/mol. The van der Waals surface area contributed by atoms with Crippen LogP contribution in [0.4, 0.5) is 8.78 Å². The van der Waals surface area contributed by atoms with Gasteiger partial charge in [-0.15, -0.1) is 0 Å². The number of ether oxygens (including phenoxy) is 1. The minimum Gasteiger partial charge on any atom is -0.434 e. The fraction of sp³-hybridized carbons (Fsp3) is 0.364. The molecule has 3 saturated heterocycles. The Bertz CT molecular complexity index is 891. The maximum Gasteiger partial charge on any atom is 0.387 e. The van der Waals surface area contributed by atoms with Gasteiger partial charge in [0.2, 0.25) is 0 Å². The Labute approximate surface area is 167 Å². The molecular weight excluding hydrogens is 378 g/mol. The third kappa shape index (κ3) is 4.09. The van der Waals surface area contributed by atoms with Crippen LogP contribution in [0.15, 0.2) is 54.6 Å². The Morgan fingerprint density at radius 3 is 2.38 bits per heavy atom. The summed E-state index contributed by atoms with van der Waals surface area (Å²) in [7, 11) is 0. The van der Waals surface area contributed by atoms with E-state index in [1.807, 2.05) is 23.1 Å². The SMILES string of the molecule is O=C(c1ccccc1)N1C[C@H]2CC[C@@H](C1)N(C(=O)c1ccccc1OC(F)F)C2. The second kappa shape index (κ2) is 8.19. The summed E-state index contributed by atoms with van der Waals surface area (Å²) in [5, 5.41) is 0. The van der Waals surface area contributed by atoms with Crippen molar-refractivity contribution < 1.29 is 23.1 Å². The van der Waals surface area contributed by atoms with Gasteiger partial charge in [-0.05, 0) is 43.0 Å². The smallest absolute Gasteiger partial charge is 0.387 e. The van der Waals surface area contributed by atoms with Gasteiger partial charge in [0.25, 0.3) is 11.8 Å². The van der Waals surface area contributed by atoms with Crippen LogP contribution >= 0.6 is 0 Å². The molecule has 152 valence electrons. The van der Waals surface area contributed by atoms with Crippen molar-refractivity contribution >= 4 is 11.8 Å². The number of nitrogens with zero attached hydrogens (tertiary/aromatic N) is 2. The van der Waals surface area contributed by atoms with E-state index in [-0.39, 0.29) is 35.1 Å². The number of halogens is 2. The van der Waals surface area contributed by atoms with E-state index in [9.17, 15) is 18.4 Å². The predicted molar refractivity (Wildman–Crippen MR) is 103 cm³/mol. The van der Waals surface area contributed by atoms with E-state index < -0.39 is 6.61 Å². The second-order valence-electron chi connectivity index (χ2n) is 7.51. The summed E-state index contributed by atoms with van der Waals surface area (Å²) in [5.41, 5.74) is 0.753. The molecule has 0 saturated carbocycles. The number of piperidine rings is 1. The largest absolute Gasteiger partial charge is 0.434 e. The number of hydrogen-bond donors (Lipinski definition) is 0. The molecule has 29 heavy (non-hydrogen) atoms. The number of carbonyl (C=O) groups excluding carboxylic acids is 2. The molecule has 2 bridgehead atoms. The highest BCUT2D eigenvalue weighted by molar-refractivity contribution is 5.97. The van der Waals surface area contributed by atoms with E-state index in [1.165, 1.54) is 12.1 Å². The van der Waals surface area contributed by atoms with E-state index in [0.29, 0.717) is 25.2 Å². The molecule has 2 amide bonds. The molecule has 0 N–H and O–H groups in total. The molecule has 0 aromatic heterocycles. The molecule has 3 aliphatic heterocycles. The summed E-state index contributed by atoms with van der Waals surface area (Å²) in [5.74, 6) is -0.332. The van der Waals surface area contributed by atoms with Crippen LogP contribution in [0.2, 0.25) is 0 Å². The molecule has 2 aromatic rings. The van der Waals surface area contributed by atoms with Crippen molar-refractivity contribution in [1.29, 1.82) is 0 Å². The van der Waals surface area contributed by atoms with E-state index in [2.05, 4.69) is 4.74 Å². The maximum atomic E-state index is 13.2. The quantitative estimate of drug-likeness (QED) is 0.787. The molecule has 3 fully saturated rings. The summed E-state index contributed by atoms with van der Waals surface area (Å²) in [6.07, 6.45) is 1.72. The van der Waals surface area contributed by atoms with Gasteiger partial charge in [0.1, 0.15) is 5.75 Å². The van der Waals surface area contributed by atoms with Gasteiger partial charge < -0.3 is 14.5 Å². The molecule has 3 heterocycles. The van der Waals surface area contributed by atoms with Crippen LogP contribution in [0.1, 0.15) is 33.6 Å². The number of benzene rings is 2. The number of amides is 2. The molecule has 0 aliphatic carbocycles. The summed E-state index contributed by atoms with van der Waals surface area (Å²) < 4.78 is 30.0. The number of fused-ring (bicyclic) bond motifs is 4. The Morgan fingerprint density at radius 1 is 0.897 bits per heavy atom. The average molecular weight is 400 g/mol. The molecule has 3 aliphatic rings. The Balaban J connectivity index is 1.55. The normalized spacial score (nSPS) is 21.2. The lowest BCUT2D eigenvalue weighted by atomic mass is 9.94. The summed E-state index contributed by atoms with van der Waals surface area (Å²) >= 11 is 0. The van der Waals surface area contributed by atoms with Crippen molar-refractivity contribution in [3.8, 4) is 5.75 Å². The van der Waals surface area contributed by atoms with Gasteiger partial charge >= 0.3 is 6.61 Å². The van der Waals surface area contributed by atoms with Gasteiger partial charge in [-0.3, -0.25) is 9.59 Å². The van der Waals surface area contributed by atoms with Crippen LogP contribution in [-0.2, 0) is 0 Å². The molecular formula is C22H22F2N2O3. The van der Waals surface area contributed by atoms with Crippen molar-refractivity contribution in [2.45, 2.75) is 25.5 Å².